The molecule has 0 aromatic heterocycles. The number of nitrogens with zero attached hydrogens (tertiary/aromatic N) is 1. The van der Waals surface area contributed by atoms with Gasteiger partial charge in [0.15, 0.2) is 9.84 Å². The van der Waals surface area contributed by atoms with E-state index in [2.05, 4.69) is 4.67 Å². The highest BCUT2D eigenvalue weighted by atomic mass is 32.2. The average molecular weight is 285 g/mol. The predicted molar refractivity (Wildman–Crippen MR) is 71.4 cm³/mol. The Morgan fingerprint density at radius 1 is 1.33 bits per heavy atom. The Kier molecular flexibility index (Phi) is 3.41. The minimum atomic E-state index is -3.23. The van der Waals surface area contributed by atoms with E-state index in [1.165, 1.54) is 0 Å². The summed E-state index contributed by atoms with van der Waals surface area (Å²) in [7, 11) is -2.89. The summed E-state index contributed by atoms with van der Waals surface area (Å²) in [5.74, 6) is 0.102. The topological polar surface area (TPSA) is 46.6 Å². The van der Waals surface area contributed by atoms with Gasteiger partial charge in [-0.15, -0.1) is 0 Å². The van der Waals surface area contributed by atoms with Crippen LogP contribution in [-0.4, -0.2) is 37.5 Å². The third kappa shape index (κ3) is 2.32. The quantitative estimate of drug-likeness (QED) is 0.795. The second-order valence-corrected chi connectivity index (χ2v) is 7.77. The Morgan fingerprint density at radius 3 is 2.89 bits per heavy atom. The Balaban J connectivity index is 1.77. The minimum absolute atomic E-state index is 0.102. The highest BCUT2D eigenvalue weighted by molar-refractivity contribution is 7.91. The van der Waals surface area contributed by atoms with Crippen LogP contribution in [0.1, 0.15) is 12.8 Å². The molecule has 1 aromatic carbocycles. The van der Waals surface area contributed by atoms with Crippen molar-refractivity contribution in [2.75, 3.05) is 12.3 Å². The molecule has 0 aliphatic carbocycles. The largest absolute Gasteiger partial charge is 0.340 e. The van der Waals surface area contributed by atoms with Gasteiger partial charge in [0.25, 0.3) is 0 Å². The minimum Gasteiger partial charge on any atom is -0.340 e. The predicted octanol–water partition coefficient (Wildman–Crippen LogP) is 1.83. The van der Waals surface area contributed by atoms with Gasteiger partial charge in [0, 0.05) is 12.6 Å². The lowest BCUT2D eigenvalue weighted by Crippen LogP contribution is -2.33. The van der Waals surface area contributed by atoms with Crippen LogP contribution in [0.2, 0.25) is 0 Å². The van der Waals surface area contributed by atoms with Crippen molar-refractivity contribution in [2.24, 2.45) is 0 Å². The highest BCUT2D eigenvalue weighted by Crippen LogP contribution is 2.42. The van der Waals surface area contributed by atoms with Crippen LogP contribution in [0.3, 0.4) is 0 Å². The standard InChI is InChI=1S/C12H16NO3PS/c14-18(15,10-5-2-1-3-6-10)9-12-11-7-4-8-13(11)17-16-12/h1-3,5-6,11-12,17H,4,7-9H2. The molecule has 3 unspecified atom stereocenters. The summed E-state index contributed by atoms with van der Waals surface area (Å²) in [6.07, 6.45) is 2.06. The van der Waals surface area contributed by atoms with E-state index >= 15 is 0 Å². The molecule has 2 fully saturated rings. The van der Waals surface area contributed by atoms with Crippen LogP contribution < -0.4 is 0 Å². The van der Waals surface area contributed by atoms with Gasteiger partial charge in [0.05, 0.1) is 25.7 Å². The monoisotopic (exact) mass is 285 g/mol. The lowest BCUT2D eigenvalue weighted by molar-refractivity contribution is 0.236. The summed E-state index contributed by atoms with van der Waals surface area (Å²) in [5, 5.41) is 0. The molecule has 0 spiro atoms. The van der Waals surface area contributed by atoms with Crippen molar-refractivity contribution in [1.82, 2.24) is 4.67 Å². The van der Waals surface area contributed by atoms with Crippen molar-refractivity contribution >= 4 is 18.8 Å². The maximum absolute atomic E-state index is 12.3. The number of hydrogen-bond acceptors (Lipinski definition) is 4. The zero-order chi connectivity index (χ0) is 12.6. The van der Waals surface area contributed by atoms with Crippen molar-refractivity contribution in [3.8, 4) is 0 Å². The van der Waals surface area contributed by atoms with Crippen LogP contribution in [0.5, 0.6) is 0 Å². The molecule has 0 saturated carbocycles. The SMILES string of the molecule is O=S(=O)(CC1OPN2CCCC12)c1ccccc1. The molecule has 2 heterocycles. The van der Waals surface area contributed by atoms with E-state index in [0.717, 1.165) is 19.4 Å². The maximum Gasteiger partial charge on any atom is 0.180 e. The van der Waals surface area contributed by atoms with Crippen molar-refractivity contribution in [3.63, 3.8) is 0 Å². The summed E-state index contributed by atoms with van der Waals surface area (Å²) in [5.41, 5.74) is 0. The lowest BCUT2D eigenvalue weighted by Gasteiger charge is -2.17. The van der Waals surface area contributed by atoms with E-state index in [9.17, 15) is 8.42 Å². The molecule has 2 aliphatic heterocycles. The normalized spacial score (nSPS) is 29.8. The molecule has 98 valence electrons. The molecule has 1 aromatic rings. The Morgan fingerprint density at radius 2 is 2.11 bits per heavy atom. The van der Waals surface area contributed by atoms with Gasteiger partial charge < -0.3 is 4.52 Å². The van der Waals surface area contributed by atoms with E-state index in [1.54, 1.807) is 24.3 Å². The third-order valence-electron chi connectivity index (χ3n) is 3.54. The van der Waals surface area contributed by atoms with Crippen molar-refractivity contribution in [1.29, 1.82) is 0 Å². The van der Waals surface area contributed by atoms with Crippen molar-refractivity contribution < 1.29 is 12.9 Å². The molecule has 6 heteroatoms. The van der Waals surface area contributed by atoms with Gasteiger partial charge >= 0.3 is 0 Å². The molecule has 2 saturated heterocycles. The summed E-state index contributed by atoms with van der Waals surface area (Å²) in [4.78, 5) is 0.397. The second kappa shape index (κ2) is 4.89. The summed E-state index contributed by atoms with van der Waals surface area (Å²) in [6, 6.07) is 8.95. The lowest BCUT2D eigenvalue weighted by atomic mass is 10.1. The van der Waals surface area contributed by atoms with Gasteiger partial charge in [-0.2, -0.15) is 0 Å². The fourth-order valence-electron chi connectivity index (χ4n) is 2.59. The maximum atomic E-state index is 12.3. The first-order valence-corrected chi connectivity index (χ1v) is 8.63. The van der Waals surface area contributed by atoms with E-state index in [-0.39, 0.29) is 11.9 Å². The first kappa shape index (κ1) is 12.5. The summed E-state index contributed by atoms with van der Waals surface area (Å²) >= 11 is 0. The second-order valence-electron chi connectivity index (χ2n) is 4.75. The fourth-order valence-corrected chi connectivity index (χ4v) is 5.39. The van der Waals surface area contributed by atoms with Gasteiger partial charge in [-0.1, -0.05) is 18.2 Å². The van der Waals surface area contributed by atoms with Crippen LogP contribution >= 0.6 is 8.96 Å². The summed E-state index contributed by atoms with van der Waals surface area (Å²) in [6.45, 7) is 1.05. The van der Waals surface area contributed by atoms with Crippen LogP contribution in [0.25, 0.3) is 0 Å². The first-order valence-electron chi connectivity index (χ1n) is 6.12. The molecule has 18 heavy (non-hydrogen) atoms. The highest BCUT2D eigenvalue weighted by Gasteiger charge is 2.41. The number of sulfone groups is 1. The smallest absolute Gasteiger partial charge is 0.180 e. The molecular weight excluding hydrogens is 269 g/mol. The Hall–Kier alpha value is -0.480. The van der Waals surface area contributed by atoms with E-state index < -0.39 is 9.84 Å². The Labute approximate surface area is 109 Å². The van der Waals surface area contributed by atoms with Crippen LogP contribution in [0.4, 0.5) is 0 Å². The number of benzene rings is 1. The molecule has 0 bridgehead atoms. The molecular formula is C12H16NO3PS. The molecule has 0 amide bonds. The fraction of sp³-hybridized carbons (Fsp3) is 0.500. The van der Waals surface area contributed by atoms with E-state index in [0.29, 0.717) is 19.9 Å². The molecule has 4 nitrogen and oxygen atoms in total. The molecule has 0 radical (unpaired) electrons. The third-order valence-corrected chi connectivity index (χ3v) is 6.49. The van der Waals surface area contributed by atoms with E-state index in [4.69, 9.17) is 4.52 Å². The number of rotatable bonds is 3. The van der Waals surface area contributed by atoms with Crippen molar-refractivity contribution in [3.05, 3.63) is 30.3 Å². The number of fused-ring (bicyclic) bond motifs is 1. The molecule has 2 aliphatic rings. The zero-order valence-corrected chi connectivity index (χ0v) is 11.8. The van der Waals surface area contributed by atoms with Crippen molar-refractivity contribution in [2.45, 2.75) is 29.9 Å². The zero-order valence-electron chi connectivity index (χ0n) is 9.95. The van der Waals surface area contributed by atoms with Crippen LogP contribution in [-0.2, 0) is 14.4 Å². The van der Waals surface area contributed by atoms with Gasteiger partial charge in [-0.25, -0.2) is 8.42 Å². The van der Waals surface area contributed by atoms with Gasteiger partial charge in [0.2, 0.25) is 0 Å². The average Bonchev–Trinajstić information content (AvgIpc) is 2.95. The van der Waals surface area contributed by atoms with Crippen LogP contribution in [0, 0.1) is 0 Å². The first-order chi connectivity index (χ1) is 8.67. The van der Waals surface area contributed by atoms with Gasteiger partial charge in [0.1, 0.15) is 0 Å². The van der Waals surface area contributed by atoms with Gasteiger partial charge in [-0.05, 0) is 25.0 Å². The van der Waals surface area contributed by atoms with Gasteiger partial charge in [-0.3, -0.25) is 4.67 Å². The summed E-state index contributed by atoms with van der Waals surface area (Å²) < 4.78 is 32.5. The molecule has 3 atom stereocenters. The van der Waals surface area contributed by atoms with Crippen LogP contribution in [0.15, 0.2) is 35.2 Å². The van der Waals surface area contributed by atoms with E-state index in [1.807, 2.05) is 6.07 Å². The molecule has 0 N–H and O–H groups in total. The molecule has 3 rings (SSSR count). The number of hydrogen-bond donors (Lipinski definition) is 0. The Bertz CT molecular complexity index is 519.